The Morgan fingerprint density at radius 1 is 1.03 bits per heavy atom. The fourth-order valence-electron chi connectivity index (χ4n) is 3.62. The van der Waals surface area contributed by atoms with Crippen molar-refractivity contribution in [3.05, 3.63) is 71.9 Å². The molecule has 0 spiro atoms. The van der Waals surface area contributed by atoms with Gasteiger partial charge in [0.2, 0.25) is 5.95 Å². The van der Waals surface area contributed by atoms with Crippen molar-refractivity contribution < 1.29 is 9.53 Å². The second-order valence-electron chi connectivity index (χ2n) is 7.28. The van der Waals surface area contributed by atoms with Crippen LogP contribution in [0.1, 0.15) is 15.9 Å². The van der Waals surface area contributed by atoms with E-state index in [2.05, 4.69) is 31.2 Å². The van der Waals surface area contributed by atoms with Crippen molar-refractivity contribution in [3.63, 3.8) is 0 Å². The zero-order valence-corrected chi connectivity index (χ0v) is 17.5. The average Bonchev–Trinajstić information content (AvgIpc) is 2.83. The average molecular weight is 419 g/mol. The minimum atomic E-state index is -0.283. The van der Waals surface area contributed by atoms with Crippen molar-refractivity contribution in [2.45, 2.75) is 6.54 Å². The molecule has 8 heteroatoms. The number of benzene rings is 2. The molecule has 8 nitrogen and oxygen atoms in total. The SMILES string of the molecule is COc1ccccc1N1CCN(c2ncc(C(=O)NCc3ccccc3)c(N)n2)CC1. The van der Waals surface area contributed by atoms with Crippen molar-refractivity contribution in [1.29, 1.82) is 0 Å². The molecule has 160 valence electrons. The third-order valence-corrected chi connectivity index (χ3v) is 5.33. The maximum absolute atomic E-state index is 12.5. The molecule has 1 amide bonds. The molecule has 2 aromatic carbocycles. The molecule has 0 saturated carbocycles. The zero-order chi connectivity index (χ0) is 21.6. The second kappa shape index (κ2) is 9.34. The lowest BCUT2D eigenvalue weighted by Crippen LogP contribution is -2.47. The lowest BCUT2D eigenvalue weighted by molar-refractivity contribution is 0.0951. The van der Waals surface area contributed by atoms with Gasteiger partial charge in [-0.05, 0) is 17.7 Å². The summed E-state index contributed by atoms with van der Waals surface area (Å²) in [4.78, 5) is 25.6. The molecule has 3 aromatic rings. The highest BCUT2D eigenvalue weighted by molar-refractivity contribution is 5.98. The molecule has 1 saturated heterocycles. The maximum atomic E-state index is 12.5. The molecule has 1 fully saturated rings. The van der Waals surface area contributed by atoms with Crippen LogP contribution in [0, 0.1) is 0 Å². The summed E-state index contributed by atoms with van der Waals surface area (Å²) in [6.07, 6.45) is 1.50. The van der Waals surface area contributed by atoms with E-state index in [9.17, 15) is 4.79 Å². The van der Waals surface area contributed by atoms with E-state index in [1.165, 1.54) is 6.20 Å². The zero-order valence-electron chi connectivity index (χ0n) is 17.5. The summed E-state index contributed by atoms with van der Waals surface area (Å²) in [6, 6.07) is 17.7. The summed E-state index contributed by atoms with van der Waals surface area (Å²) in [6.45, 7) is 3.53. The predicted octanol–water partition coefficient (Wildman–Crippen LogP) is 2.32. The van der Waals surface area contributed by atoms with Crippen molar-refractivity contribution in [1.82, 2.24) is 15.3 Å². The smallest absolute Gasteiger partial charge is 0.256 e. The van der Waals surface area contributed by atoms with Gasteiger partial charge in [-0.2, -0.15) is 4.98 Å². The van der Waals surface area contributed by atoms with Crippen LogP contribution < -0.4 is 25.6 Å². The summed E-state index contributed by atoms with van der Waals surface area (Å²) < 4.78 is 5.48. The van der Waals surface area contributed by atoms with Gasteiger partial charge in [0.1, 0.15) is 11.6 Å². The molecule has 2 heterocycles. The van der Waals surface area contributed by atoms with E-state index in [1.54, 1.807) is 7.11 Å². The number of nitrogens with two attached hydrogens (primary N) is 1. The molecule has 0 unspecified atom stereocenters. The van der Waals surface area contributed by atoms with Crippen LogP contribution >= 0.6 is 0 Å². The number of aromatic nitrogens is 2. The lowest BCUT2D eigenvalue weighted by Gasteiger charge is -2.36. The van der Waals surface area contributed by atoms with Crippen LogP contribution in [0.5, 0.6) is 5.75 Å². The highest BCUT2D eigenvalue weighted by atomic mass is 16.5. The fourth-order valence-corrected chi connectivity index (χ4v) is 3.62. The number of amides is 1. The third-order valence-electron chi connectivity index (χ3n) is 5.33. The highest BCUT2D eigenvalue weighted by Crippen LogP contribution is 2.28. The van der Waals surface area contributed by atoms with Crippen LogP contribution in [0.3, 0.4) is 0 Å². The van der Waals surface area contributed by atoms with Crippen LogP contribution in [0.4, 0.5) is 17.5 Å². The first-order valence-corrected chi connectivity index (χ1v) is 10.2. The van der Waals surface area contributed by atoms with Gasteiger partial charge < -0.3 is 25.6 Å². The number of nitrogens with zero attached hydrogens (tertiary/aromatic N) is 4. The second-order valence-corrected chi connectivity index (χ2v) is 7.28. The number of methoxy groups -OCH3 is 1. The Labute approximate surface area is 181 Å². The van der Waals surface area contributed by atoms with Crippen LogP contribution in [0.15, 0.2) is 60.8 Å². The summed E-state index contributed by atoms with van der Waals surface area (Å²) in [5.74, 6) is 1.30. The number of hydrogen-bond donors (Lipinski definition) is 2. The summed E-state index contributed by atoms with van der Waals surface area (Å²) >= 11 is 0. The number of carbonyl (C=O) groups excluding carboxylic acids is 1. The largest absolute Gasteiger partial charge is 0.495 e. The Morgan fingerprint density at radius 2 is 1.71 bits per heavy atom. The molecule has 31 heavy (non-hydrogen) atoms. The van der Waals surface area contributed by atoms with E-state index in [0.29, 0.717) is 12.5 Å². The van der Waals surface area contributed by atoms with E-state index < -0.39 is 0 Å². The number of nitrogens with one attached hydrogen (secondary N) is 1. The summed E-state index contributed by atoms with van der Waals surface area (Å²) in [5.41, 5.74) is 8.47. The first-order valence-electron chi connectivity index (χ1n) is 10.2. The van der Waals surface area contributed by atoms with E-state index in [0.717, 1.165) is 43.2 Å². The minimum Gasteiger partial charge on any atom is -0.495 e. The third kappa shape index (κ3) is 4.69. The molecule has 1 aliphatic heterocycles. The monoisotopic (exact) mass is 418 g/mol. The standard InChI is InChI=1S/C23H26N6O2/c1-31-20-10-6-5-9-19(20)28-11-13-29(14-12-28)23-26-16-18(21(24)27-23)22(30)25-15-17-7-3-2-4-8-17/h2-10,16H,11-15H2,1H3,(H,25,30)(H2,24,26,27). The molecular weight excluding hydrogens is 392 g/mol. The fraction of sp³-hybridized carbons (Fsp3) is 0.261. The van der Waals surface area contributed by atoms with E-state index in [-0.39, 0.29) is 17.3 Å². The van der Waals surface area contributed by atoms with Crippen molar-refractivity contribution >= 4 is 23.4 Å². The molecule has 0 bridgehead atoms. The number of rotatable bonds is 6. The highest BCUT2D eigenvalue weighted by Gasteiger charge is 2.22. The van der Waals surface area contributed by atoms with Gasteiger partial charge in [0, 0.05) is 38.9 Å². The van der Waals surface area contributed by atoms with Gasteiger partial charge >= 0.3 is 0 Å². The van der Waals surface area contributed by atoms with Crippen molar-refractivity contribution in [2.24, 2.45) is 0 Å². The Morgan fingerprint density at radius 3 is 2.42 bits per heavy atom. The van der Waals surface area contributed by atoms with Crippen molar-refractivity contribution in [3.8, 4) is 5.75 Å². The first-order chi connectivity index (χ1) is 15.2. The molecule has 3 N–H and O–H groups in total. The summed E-state index contributed by atoms with van der Waals surface area (Å²) in [7, 11) is 1.68. The number of hydrogen-bond acceptors (Lipinski definition) is 7. The Balaban J connectivity index is 1.38. The normalized spacial score (nSPS) is 13.7. The number of ether oxygens (including phenoxy) is 1. The van der Waals surface area contributed by atoms with E-state index >= 15 is 0 Å². The number of carbonyl (C=O) groups is 1. The minimum absolute atomic E-state index is 0.183. The van der Waals surface area contributed by atoms with Crippen LogP contribution in [-0.4, -0.2) is 49.2 Å². The maximum Gasteiger partial charge on any atom is 0.256 e. The molecule has 0 aliphatic carbocycles. The lowest BCUT2D eigenvalue weighted by atomic mass is 10.2. The first kappa shape index (κ1) is 20.5. The number of nitrogen functional groups attached to an aromatic ring is 1. The van der Waals surface area contributed by atoms with Crippen LogP contribution in [0.2, 0.25) is 0 Å². The Bertz CT molecular complexity index is 1040. The predicted molar refractivity (Wildman–Crippen MR) is 121 cm³/mol. The van der Waals surface area contributed by atoms with Crippen molar-refractivity contribution in [2.75, 3.05) is 48.8 Å². The van der Waals surface area contributed by atoms with Crippen LogP contribution in [0.25, 0.3) is 0 Å². The number of piperazine rings is 1. The molecule has 0 radical (unpaired) electrons. The van der Waals surface area contributed by atoms with Gasteiger partial charge in [0.15, 0.2) is 0 Å². The van der Waals surface area contributed by atoms with E-state index in [1.807, 2.05) is 48.5 Å². The molecule has 0 atom stereocenters. The Hall–Kier alpha value is -3.81. The van der Waals surface area contributed by atoms with Gasteiger partial charge in [0.05, 0.1) is 18.4 Å². The Kier molecular flexibility index (Phi) is 6.16. The van der Waals surface area contributed by atoms with Gasteiger partial charge in [-0.3, -0.25) is 4.79 Å². The van der Waals surface area contributed by atoms with Gasteiger partial charge in [-0.15, -0.1) is 0 Å². The molecule has 1 aliphatic rings. The quantitative estimate of drug-likeness (QED) is 0.634. The molecule has 4 rings (SSSR count). The van der Waals surface area contributed by atoms with Gasteiger partial charge in [0.25, 0.3) is 5.91 Å². The molecular formula is C23H26N6O2. The number of para-hydroxylation sites is 2. The van der Waals surface area contributed by atoms with Gasteiger partial charge in [-0.1, -0.05) is 42.5 Å². The van der Waals surface area contributed by atoms with Gasteiger partial charge in [-0.25, -0.2) is 4.98 Å². The molecule has 1 aromatic heterocycles. The topological polar surface area (TPSA) is 96.6 Å². The van der Waals surface area contributed by atoms with Crippen LogP contribution in [-0.2, 0) is 6.54 Å². The van der Waals surface area contributed by atoms with E-state index in [4.69, 9.17) is 10.5 Å². The summed E-state index contributed by atoms with van der Waals surface area (Å²) in [5, 5.41) is 2.86. The number of anilines is 3.